The van der Waals surface area contributed by atoms with Crippen LogP contribution in [0, 0.1) is 11.3 Å². The summed E-state index contributed by atoms with van der Waals surface area (Å²) in [5.41, 5.74) is 0.979. The van der Waals surface area contributed by atoms with Crippen molar-refractivity contribution >= 4 is 29.2 Å². The average Bonchev–Trinajstić information content (AvgIpc) is 2.52. The van der Waals surface area contributed by atoms with Crippen LogP contribution in [0.4, 0.5) is 0 Å². The normalized spacial score (nSPS) is 18.7. The Morgan fingerprint density at radius 1 is 1.64 bits per heavy atom. The number of hydrogen-bond donors (Lipinski definition) is 0. The summed E-state index contributed by atoms with van der Waals surface area (Å²) in [6, 6.07) is 2.11. The maximum absolute atomic E-state index is 8.46. The van der Waals surface area contributed by atoms with Crippen molar-refractivity contribution in [2.24, 2.45) is 4.99 Å². The van der Waals surface area contributed by atoms with Crippen LogP contribution in [0.1, 0.15) is 6.42 Å². The zero-order valence-corrected chi connectivity index (χ0v) is 7.78. The maximum Gasteiger partial charge on any atom is 0.0971 e. The molecule has 0 aromatic rings. The fourth-order valence-corrected chi connectivity index (χ4v) is 2.88. The van der Waals surface area contributed by atoms with Crippen LogP contribution in [0.25, 0.3) is 0 Å². The van der Waals surface area contributed by atoms with Gasteiger partial charge in [0, 0.05) is 12.8 Å². The second-order valence-electron chi connectivity index (χ2n) is 1.93. The lowest BCUT2D eigenvalue weighted by Gasteiger charge is -2.06. The molecule has 0 saturated heterocycles. The van der Waals surface area contributed by atoms with Crippen LogP contribution >= 0.6 is 23.5 Å². The molecule has 1 aliphatic heterocycles. The summed E-state index contributed by atoms with van der Waals surface area (Å²) in [5.74, 6) is 0. The fourth-order valence-electron chi connectivity index (χ4n) is 0.745. The summed E-state index contributed by atoms with van der Waals surface area (Å²) in [6.45, 7) is 0. The highest BCUT2D eigenvalue weighted by Crippen LogP contribution is 2.34. The van der Waals surface area contributed by atoms with Crippen LogP contribution in [0.5, 0.6) is 0 Å². The van der Waals surface area contributed by atoms with Crippen molar-refractivity contribution in [3.63, 3.8) is 0 Å². The van der Waals surface area contributed by atoms with E-state index in [1.165, 1.54) is 0 Å². The van der Waals surface area contributed by atoms with E-state index in [2.05, 4.69) is 11.1 Å². The Morgan fingerprint density at radius 2 is 2.27 bits per heavy atom. The quantitative estimate of drug-likeness (QED) is 0.617. The summed E-state index contributed by atoms with van der Waals surface area (Å²) in [6.07, 6.45) is 0.447. The van der Waals surface area contributed by atoms with E-state index in [1.807, 2.05) is 10.8 Å². The van der Waals surface area contributed by atoms with E-state index in [0.29, 0.717) is 11.0 Å². The van der Waals surface area contributed by atoms with Gasteiger partial charge in [-0.2, -0.15) is 5.26 Å². The third-order valence-corrected chi connectivity index (χ3v) is 3.74. The molecular formula is C7H8N2S2. The predicted octanol–water partition coefficient (Wildman–Crippen LogP) is 2.25. The Kier molecular flexibility index (Phi) is 3.53. The minimum Gasteiger partial charge on any atom is -0.294 e. The molecule has 0 atom stereocenters. The highest BCUT2D eigenvalue weighted by Gasteiger charge is 2.17. The van der Waals surface area contributed by atoms with Crippen LogP contribution in [-0.2, 0) is 0 Å². The van der Waals surface area contributed by atoms with Gasteiger partial charge in [0.2, 0.25) is 0 Å². The lowest BCUT2D eigenvalue weighted by Crippen LogP contribution is -2.09. The highest BCUT2D eigenvalue weighted by atomic mass is 32.2. The zero-order chi connectivity index (χ0) is 8.10. The SMILES string of the molecule is CN=C(CC#N)C1SC=CS1. The first kappa shape index (κ1) is 8.69. The molecule has 0 aliphatic carbocycles. The van der Waals surface area contributed by atoms with Gasteiger partial charge in [-0.25, -0.2) is 0 Å². The molecule has 0 bridgehead atoms. The summed E-state index contributed by atoms with van der Waals surface area (Å²) in [4.78, 5) is 4.07. The lowest BCUT2D eigenvalue weighted by molar-refractivity contribution is 1.31. The van der Waals surface area contributed by atoms with Crippen molar-refractivity contribution in [3.05, 3.63) is 10.8 Å². The van der Waals surface area contributed by atoms with Gasteiger partial charge in [-0.15, -0.1) is 23.5 Å². The number of aliphatic imine (C=N–C) groups is 1. The van der Waals surface area contributed by atoms with Gasteiger partial charge in [0.1, 0.15) is 0 Å². The Balaban J connectivity index is 2.51. The monoisotopic (exact) mass is 184 g/mol. The molecule has 0 aromatic heterocycles. The third-order valence-electron chi connectivity index (χ3n) is 1.28. The Labute approximate surface area is 74.8 Å². The fraction of sp³-hybridized carbons (Fsp3) is 0.429. The van der Waals surface area contributed by atoms with Gasteiger partial charge in [-0.3, -0.25) is 4.99 Å². The number of rotatable bonds is 2. The Hall–Kier alpha value is -0.400. The van der Waals surface area contributed by atoms with Crippen molar-refractivity contribution in [1.82, 2.24) is 0 Å². The van der Waals surface area contributed by atoms with E-state index in [4.69, 9.17) is 5.26 Å². The second kappa shape index (κ2) is 4.47. The van der Waals surface area contributed by atoms with Crippen LogP contribution < -0.4 is 0 Å². The van der Waals surface area contributed by atoms with E-state index in [0.717, 1.165) is 5.71 Å². The number of nitrogens with zero attached hydrogens (tertiary/aromatic N) is 2. The topological polar surface area (TPSA) is 36.1 Å². The molecule has 0 N–H and O–H groups in total. The molecule has 0 saturated carbocycles. The summed E-state index contributed by atoms with van der Waals surface area (Å²) < 4.78 is 0.347. The van der Waals surface area contributed by atoms with Gasteiger partial charge < -0.3 is 0 Å². The molecule has 11 heavy (non-hydrogen) atoms. The number of nitriles is 1. The molecule has 0 unspecified atom stereocenters. The molecule has 58 valence electrons. The molecule has 1 aliphatic rings. The number of hydrogen-bond acceptors (Lipinski definition) is 4. The van der Waals surface area contributed by atoms with Crippen molar-refractivity contribution in [2.75, 3.05) is 7.05 Å². The van der Waals surface area contributed by atoms with E-state index in [-0.39, 0.29) is 0 Å². The smallest absolute Gasteiger partial charge is 0.0971 e. The second-order valence-corrected chi connectivity index (χ2v) is 4.26. The largest absolute Gasteiger partial charge is 0.294 e. The van der Waals surface area contributed by atoms with Crippen molar-refractivity contribution < 1.29 is 0 Å². The van der Waals surface area contributed by atoms with Gasteiger partial charge in [0.15, 0.2) is 0 Å². The van der Waals surface area contributed by atoms with Crippen molar-refractivity contribution in [3.8, 4) is 6.07 Å². The molecule has 0 amide bonds. The predicted molar refractivity (Wildman–Crippen MR) is 51.7 cm³/mol. The van der Waals surface area contributed by atoms with Gasteiger partial charge in [0.05, 0.1) is 17.1 Å². The minimum absolute atomic E-state index is 0.347. The maximum atomic E-state index is 8.46. The lowest BCUT2D eigenvalue weighted by atomic mass is 10.3. The van der Waals surface area contributed by atoms with E-state index in [1.54, 1.807) is 30.6 Å². The molecule has 1 rings (SSSR count). The molecular weight excluding hydrogens is 176 g/mol. The van der Waals surface area contributed by atoms with Crippen LogP contribution in [-0.4, -0.2) is 17.3 Å². The average molecular weight is 184 g/mol. The molecule has 0 spiro atoms. The first-order valence-corrected chi connectivity index (χ1v) is 5.05. The standard InChI is InChI=1S/C7H8N2S2/c1-9-6(2-3-8)7-10-4-5-11-7/h4-5,7H,2H2,1H3. The molecule has 4 heteroatoms. The van der Waals surface area contributed by atoms with Crippen LogP contribution in [0.3, 0.4) is 0 Å². The number of thioether (sulfide) groups is 2. The first-order valence-electron chi connectivity index (χ1n) is 3.17. The van der Waals surface area contributed by atoms with Gasteiger partial charge in [-0.05, 0) is 10.8 Å². The minimum atomic E-state index is 0.347. The van der Waals surface area contributed by atoms with Gasteiger partial charge >= 0.3 is 0 Å². The van der Waals surface area contributed by atoms with Crippen molar-refractivity contribution in [1.29, 1.82) is 5.26 Å². The third kappa shape index (κ3) is 2.28. The Morgan fingerprint density at radius 3 is 2.73 bits per heavy atom. The molecule has 0 fully saturated rings. The zero-order valence-electron chi connectivity index (χ0n) is 6.15. The van der Waals surface area contributed by atoms with Crippen molar-refractivity contribution in [2.45, 2.75) is 11.0 Å². The first-order chi connectivity index (χ1) is 5.38. The highest BCUT2D eigenvalue weighted by molar-refractivity contribution is 8.23. The molecule has 1 heterocycles. The van der Waals surface area contributed by atoms with E-state index >= 15 is 0 Å². The van der Waals surface area contributed by atoms with Crippen LogP contribution in [0.15, 0.2) is 15.8 Å². The molecule has 0 radical (unpaired) electrons. The van der Waals surface area contributed by atoms with E-state index in [9.17, 15) is 0 Å². The summed E-state index contributed by atoms with van der Waals surface area (Å²) >= 11 is 3.43. The Bertz CT molecular complexity index is 219. The van der Waals surface area contributed by atoms with Gasteiger partial charge in [0.25, 0.3) is 0 Å². The summed E-state index contributed by atoms with van der Waals surface area (Å²) in [7, 11) is 1.74. The summed E-state index contributed by atoms with van der Waals surface area (Å²) in [5, 5.41) is 12.5. The van der Waals surface area contributed by atoms with E-state index < -0.39 is 0 Å². The molecule has 0 aromatic carbocycles. The van der Waals surface area contributed by atoms with Crippen LogP contribution in [0.2, 0.25) is 0 Å². The van der Waals surface area contributed by atoms with Gasteiger partial charge in [-0.1, -0.05) is 0 Å². The molecule has 2 nitrogen and oxygen atoms in total.